The first-order chi connectivity index (χ1) is 9.53. The average molecular weight is 310 g/mol. The lowest BCUT2D eigenvalue weighted by Crippen LogP contribution is -2.27. The van der Waals surface area contributed by atoms with Crippen LogP contribution in [0, 0.1) is 0 Å². The van der Waals surface area contributed by atoms with Crippen molar-refractivity contribution in [2.75, 3.05) is 0 Å². The molecular formula is C11H9F3O7. The summed E-state index contributed by atoms with van der Waals surface area (Å²) in [5, 5.41) is 35.9. The molecule has 1 aromatic rings. The maximum Gasteiger partial charge on any atom is 0.573 e. The third kappa shape index (κ3) is 4.33. The number of alkyl halides is 3. The number of aliphatic carboxylic acids is 1. The van der Waals surface area contributed by atoms with E-state index in [1.807, 2.05) is 0 Å². The highest BCUT2D eigenvalue weighted by molar-refractivity contribution is 5.91. The maximum absolute atomic E-state index is 12.2. The highest BCUT2D eigenvalue weighted by atomic mass is 19.4. The van der Waals surface area contributed by atoms with Crippen molar-refractivity contribution < 1.29 is 47.9 Å². The number of aromatic carboxylic acids is 1. The summed E-state index contributed by atoms with van der Waals surface area (Å²) in [6.45, 7) is 0. The fraction of sp³-hybridized carbons (Fsp3) is 0.273. The Morgan fingerprint density at radius 2 is 1.71 bits per heavy atom. The van der Waals surface area contributed by atoms with E-state index in [1.54, 1.807) is 0 Å². The fourth-order valence-electron chi connectivity index (χ4n) is 1.43. The Kier molecular flexibility index (Phi) is 4.76. The van der Waals surface area contributed by atoms with Gasteiger partial charge in [0, 0.05) is 0 Å². The van der Waals surface area contributed by atoms with E-state index >= 15 is 0 Å². The van der Waals surface area contributed by atoms with E-state index in [-0.39, 0.29) is 0 Å². The summed E-state index contributed by atoms with van der Waals surface area (Å²) in [5.74, 6) is -4.65. The van der Waals surface area contributed by atoms with Crippen LogP contribution in [0.2, 0.25) is 0 Å². The molecule has 0 fully saturated rings. The van der Waals surface area contributed by atoms with Crippen molar-refractivity contribution in [3.8, 4) is 5.75 Å². The minimum Gasteiger partial charge on any atom is -0.479 e. The van der Waals surface area contributed by atoms with Gasteiger partial charge < -0.3 is 25.2 Å². The third-order valence-electron chi connectivity index (χ3n) is 2.36. The van der Waals surface area contributed by atoms with Gasteiger partial charge in [-0.05, 0) is 17.7 Å². The van der Waals surface area contributed by atoms with Crippen LogP contribution in [0.15, 0.2) is 18.2 Å². The Hall–Kier alpha value is -2.33. The van der Waals surface area contributed by atoms with Gasteiger partial charge in [-0.25, -0.2) is 9.59 Å². The molecule has 2 atom stereocenters. The lowest BCUT2D eigenvalue weighted by atomic mass is 10.0. The number of aliphatic hydroxyl groups excluding tert-OH is 2. The van der Waals surface area contributed by atoms with Crippen molar-refractivity contribution in [2.24, 2.45) is 0 Å². The van der Waals surface area contributed by atoms with Crippen LogP contribution >= 0.6 is 0 Å². The smallest absolute Gasteiger partial charge is 0.479 e. The Balaban J connectivity index is 3.24. The summed E-state index contributed by atoms with van der Waals surface area (Å²) in [6.07, 6.45) is -9.53. The summed E-state index contributed by atoms with van der Waals surface area (Å²) < 4.78 is 40.1. The molecule has 1 rings (SSSR count). The molecule has 1 aromatic carbocycles. The highest BCUT2D eigenvalue weighted by Gasteiger charge is 2.34. The first-order valence-corrected chi connectivity index (χ1v) is 5.25. The van der Waals surface area contributed by atoms with Gasteiger partial charge in [0.15, 0.2) is 6.10 Å². The second kappa shape index (κ2) is 5.97. The number of hydrogen-bond acceptors (Lipinski definition) is 5. The summed E-state index contributed by atoms with van der Waals surface area (Å²) >= 11 is 0. The molecule has 21 heavy (non-hydrogen) atoms. The Morgan fingerprint density at radius 3 is 2.14 bits per heavy atom. The first kappa shape index (κ1) is 16.7. The standard InChI is InChI=1S/C11H9F3O7/c12-11(13,14)21-6-3-4(1-2-5(6)9(17)18)7(15)8(16)10(19)20/h1-3,7-8,15-16H,(H,17,18)(H,19,20). The van der Waals surface area contributed by atoms with Crippen LogP contribution in [0.4, 0.5) is 13.2 Å². The topological polar surface area (TPSA) is 124 Å². The molecule has 0 aliphatic carbocycles. The van der Waals surface area contributed by atoms with Crippen LogP contribution in [-0.4, -0.2) is 44.8 Å². The zero-order chi connectivity index (χ0) is 16.4. The Bertz CT molecular complexity index is 555. The predicted molar refractivity (Wildman–Crippen MR) is 58.7 cm³/mol. The van der Waals surface area contributed by atoms with Crippen LogP contribution in [0.5, 0.6) is 5.75 Å². The lowest BCUT2D eigenvalue weighted by Gasteiger charge is -2.17. The summed E-state index contributed by atoms with van der Waals surface area (Å²) in [5.41, 5.74) is -1.29. The normalized spacial score (nSPS) is 14.3. The second-order valence-corrected chi connectivity index (χ2v) is 3.84. The van der Waals surface area contributed by atoms with E-state index < -0.39 is 47.4 Å². The van der Waals surface area contributed by atoms with Crippen LogP contribution in [-0.2, 0) is 4.79 Å². The SMILES string of the molecule is O=C(O)c1ccc(C(O)C(O)C(=O)O)cc1OC(F)(F)F. The van der Waals surface area contributed by atoms with Crippen LogP contribution in [0.25, 0.3) is 0 Å². The molecule has 10 heteroatoms. The van der Waals surface area contributed by atoms with Crippen LogP contribution in [0.1, 0.15) is 22.0 Å². The predicted octanol–water partition coefficient (Wildman–Crippen LogP) is 0.762. The molecule has 0 radical (unpaired) electrons. The molecule has 2 unspecified atom stereocenters. The van der Waals surface area contributed by atoms with Crippen molar-refractivity contribution >= 4 is 11.9 Å². The number of halogens is 3. The molecule has 0 aliphatic rings. The molecule has 0 spiro atoms. The van der Waals surface area contributed by atoms with E-state index in [2.05, 4.69) is 4.74 Å². The van der Waals surface area contributed by atoms with Gasteiger partial charge in [0.2, 0.25) is 0 Å². The quantitative estimate of drug-likeness (QED) is 0.633. The number of carboxylic acid groups (broad SMARTS) is 2. The molecule has 4 N–H and O–H groups in total. The van der Waals surface area contributed by atoms with Crippen LogP contribution in [0.3, 0.4) is 0 Å². The van der Waals surface area contributed by atoms with Gasteiger partial charge in [-0.2, -0.15) is 0 Å². The average Bonchev–Trinajstić information content (AvgIpc) is 2.34. The van der Waals surface area contributed by atoms with Crippen molar-refractivity contribution in [3.63, 3.8) is 0 Å². The number of rotatable bonds is 5. The van der Waals surface area contributed by atoms with E-state index in [0.717, 1.165) is 6.07 Å². The largest absolute Gasteiger partial charge is 0.573 e. The maximum atomic E-state index is 12.2. The van der Waals surface area contributed by atoms with E-state index in [4.69, 9.17) is 15.3 Å². The molecule has 0 aromatic heterocycles. The minimum absolute atomic E-state index is 0.450. The fourth-order valence-corrected chi connectivity index (χ4v) is 1.43. The zero-order valence-electron chi connectivity index (χ0n) is 10.0. The van der Waals surface area contributed by atoms with Gasteiger partial charge in [-0.1, -0.05) is 6.07 Å². The Labute approximate surface area is 114 Å². The molecule has 0 amide bonds. The van der Waals surface area contributed by atoms with Gasteiger partial charge >= 0.3 is 18.3 Å². The molecule has 7 nitrogen and oxygen atoms in total. The van der Waals surface area contributed by atoms with Gasteiger partial charge in [0.1, 0.15) is 17.4 Å². The molecule has 116 valence electrons. The van der Waals surface area contributed by atoms with Gasteiger partial charge in [0.05, 0.1) is 0 Å². The van der Waals surface area contributed by atoms with Crippen molar-refractivity contribution in [1.29, 1.82) is 0 Å². The van der Waals surface area contributed by atoms with Gasteiger partial charge in [0.25, 0.3) is 0 Å². The van der Waals surface area contributed by atoms with Gasteiger partial charge in [-0.3, -0.25) is 0 Å². The molecular weight excluding hydrogens is 301 g/mol. The summed E-state index contributed by atoms with van der Waals surface area (Å²) in [6, 6.07) is 2.05. The lowest BCUT2D eigenvalue weighted by molar-refractivity contribution is -0.274. The van der Waals surface area contributed by atoms with Crippen molar-refractivity contribution in [1.82, 2.24) is 0 Å². The zero-order valence-corrected chi connectivity index (χ0v) is 10.0. The molecule has 0 aliphatic heterocycles. The second-order valence-electron chi connectivity index (χ2n) is 3.84. The number of carbonyl (C=O) groups is 2. The van der Waals surface area contributed by atoms with Crippen LogP contribution < -0.4 is 4.74 Å². The van der Waals surface area contributed by atoms with Crippen molar-refractivity contribution in [2.45, 2.75) is 18.6 Å². The summed E-state index contributed by atoms with van der Waals surface area (Å²) in [4.78, 5) is 21.3. The summed E-state index contributed by atoms with van der Waals surface area (Å²) in [7, 11) is 0. The molecule has 0 bridgehead atoms. The number of hydrogen-bond donors (Lipinski definition) is 4. The number of carboxylic acids is 2. The monoisotopic (exact) mass is 310 g/mol. The van der Waals surface area contributed by atoms with E-state index in [1.165, 1.54) is 0 Å². The van der Waals surface area contributed by atoms with E-state index in [0.29, 0.717) is 12.1 Å². The number of aliphatic hydroxyl groups is 2. The number of benzene rings is 1. The third-order valence-corrected chi connectivity index (χ3v) is 2.36. The highest BCUT2D eigenvalue weighted by Crippen LogP contribution is 2.30. The molecule has 0 saturated heterocycles. The Morgan fingerprint density at radius 1 is 1.14 bits per heavy atom. The van der Waals surface area contributed by atoms with E-state index in [9.17, 15) is 27.9 Å². The van der Waals surface area contributed by atoms with Gasteiger partial charge in [-0.15, -0.1) is 13.2 Å². The number of ether oxygens (including phenoxy) is 1. The molecule has 0 saturated carbocycles. The van der Waals surface area contributed by atoms with Crippen molar-refractivity contribution in [3.05, 3.63) is 29.3 Å². The minimum atomic E-state index is -5.18. The first-order valence-electron chi connectivity index (χ1n) is 5.25. The molecule has 0 heterocycles.